The quantitative estimate of drug-likeness (QED) is 0.328. The van der Waals surface area contributed by atoms with Crippen LogP contribution in [0.4, 0.5) is 5.69 Å². The van der Waals surface area contributed by atoms with Gasteiger partial charge < -0.3 is 10.2 Å². The summed E-state index contributed by atoms with van der Waals surface area (Å²) >= 11 is 3.42. The van der Waals surface area contributed by atoms with Gasteiger partial charge in [-0.05, 0) is 69.2 Å². The van der Waals surface area contributed by atoms with Gasteiger partial charge in [0.1, 0.15) is 12.6 Å². The molecule has 9 heteroatoms. The molecule has 202 valence electrons. The summed E-state index contributed by atoms with van der Waals surface area (Å²) in [4.78, 5) is 28.3. The number of aryl methyl sites for hydroxylation is 2. The average Bonchev–Trinajstić information content (AvgIpc) is 2.90. The SMILES string of the molecule is CCCNC(=O)[C@H](C)N(Cc1ccc(Br)cc1)C(=O)CN(c1ccc(C)cc1)S(=O)(=O)c1ccc(C)cc1. The van der Waals surface area contributed by atoms with E-state index in [0.717, 1.165) is 31.9 Å². The summed E-state index contributed by atoms with van der Waals surface area (Å²) in [5.74, 6) is -0.774. The van der Waals surface area contributed by atoms with Gasteiger partial charge >= 0.3 is 0 Å². The number of benzene rings is 3. The molecular weight excluding hydrogens is 566 g/mol. The zero-order valence-electron chi connectivity index (χ0n) is 22.1. The molecule has 0 aliphatic rings. The fourth-order valence-corrected chi connectivity index (χ4v) is 5.52. The van der Waals surface area contributed by atoms with Gasteiger partial charge in [-0.25, -0.2) is 8.42 Å². The molecule has 0 radical (unpaired) electrons. The van der Waals surface area contributed by atoms with Gasteiger partial charge in [0.15, 0.2) is 0 Å². The normalized spacial score (nSPS) is 12.0. The molecule has 0 aromatic heterocycles. The summed E-state index contributed by atoms with van der Waals surface area (Å²) in [5.41, 5.74) is 3.08. The molecule has 0 unspecified atom stereocenters. The Hall–Kier alpha value is -3.17. The van der Waals surface area contributed by atoms with Crippen molar-refractivity contribution in [3.8, 4) is 0 Å². The second-order valence-corrected chi connectivity index (χ2v) is 12.1. The van der Waals surface area contributed by atoms with Crippen molar-refractivity contribution < 1.29 is 18.0 Å². The number of carbonyl (C=O) groups is 2. The zero-order valence-corrected chi connectivity index (χ0v) is 24.6. The van der Waals surface area contributed by atoms with Gasteiger partial charge in [-0.2, -0.15) is 0 Å². The van der Waals surface area contributed by atoms with E-state index in [1.165, 1.54) is 17.0 Å². The molecule has 0 bridgehead atoms. The lowest BCUT2D eigenvalue weighted by molar-refractivity contribution is -0.139. The molecule has 0 heterocycles. The lowest BCUT2D eigenvalue weighted by Crippen LogP contribution is -2.51. The zero-order chi connectivity index (χ0) is 27.9. The molecule has 0 saturated carbocycles. The number of nitrogens with zero attached hydrogens (tertiary/aromatic N) is 2. The number of amides is 2. The Bertz CT molecular complexity index is 1340. The first-order valence-electron chi connectivity index (χ1n) is 12.5. The van der Waals surface area contributed by atoms with E-state index in [9.17, 15) is 18.0 Å². The van der Waals surface area contributed by atoms with Crippen LogP contribution in [-0.2, 0) is 26.2 Å². The lowest BCUT2D eigenvalue weighted by Gasteiger charge is -2.32. The number of rotatable bonds is 11. The molecular formula is C29H34BrN3O4S. The van der Waals surface area contributed by atoms with Gasteiger partial charge in [0.25, 0.3) is 10.0 Å². The maximum atomic E-state index is 13.8. The van der Waals surface area contributed by atoms with E-state index >= 15 is 0 Å². The van der Waals surface area contributed by atoms with E-state index in [0.29, 0.717) is 12.2 Å². The largest absolute Gasteiger partial charge is 0.354 e. The predicted molar refractivity (Wildman–Crippen MR) is 154 cm³/mol. The van der Waals surface area contributed by atoms with E-state index < -0.39 is 28.5 Å². The molecule has 3 aromatic rings. The van der Waals surface area contributed by atoms with E-state index in [2.05, 4.69) is 21.2 Å². The van der Waals surface area contributed by atoms with E-state index in [-0.39, 0.29) is 17.3 Å². The van der Waals surface area contributed by atoms with Crippen molar-refractivity contribution in [2.45, 2.75) is 51.6 Å². The first-order chi connectivity index (χ1) is 18.0. The minimum atomic E-state index is -4.07. The van der Waals surface area contributed by atoms with Gasteiger partial charge in [-0.3, -0.25) is 13.9 Å². The molecule has 38 heavy (non-hydrogen) atoms. The van der Waals surface area contributed by atoms with Crippen LogP contribution in [0.1, 0.15) is 37.0 Å². The predicted octanol–water partition coefficient (Wildman–Crippen LogP) is 5.20. The Morgan fingerprint density at radius 3 is 2.00 bits per heavy atom. The number of hydrogen-bond acceptors (Lipinski definition) is 4. The number of nitrogens with one attached hydrogen (secondary N) is 1. The Balaban J connectivity index is 2.00. The molecule has 0 aliphatic carbocycles. The number of carbonyl (C=O) groups excluding carboxylic acids is 2. The monoisotopic (exact) mass is 599 g/mol. The molecule has 3 rings (SSSR count). The van der Waals surface area contributed by atoms with Crippen LogP contribution in [0.2, 0.25) is 0 Å². The minimum Gasteiger partial charge on any atom is -0.354 e. The molecule has 2 amide bonds. The Morgan fingerprint density at radius 2 is 1.45 bits per heavy atom. The summed E-state index contributed by atoms with van der Waals surface area (Å²) in [6, 6.07) is 20.1. The molecule has 0 fully saturated rings. The molecule has 1 N–H and O–H groups in total. The Labute approximate surface area is 234 Å². The van der Waals surface area contributed by atoms with Crippen molar-refractivity contribution in [2.24, 2.45) is 0 Å². The van der Waals surface area contributed by atoms with Gasteiger partial charge in [0.05, 0.1) is 10.6 Å². The lowest BCUT2D eigenvalue weighted by atomic mass is 10.1. The molecule has 1 atom stereocenters. The number of hydrogen-bond donors (Lipinski definition) is 1. The Kier molecular flexibility index (Phi) is 10.1. The maximum absolute atomic E-state index is 13.8. The van der Waals surface area contributed by atoms with Crippen LogP contribution < -0.4 is 9.62 Å². The highest BCUT2D eigenvalue weighted by molar-refractivity contribution is 9.10. The topological polar surface area (TPSA) is 86.8 Å². The van der Waals surface area contributed by atoms with Crippen molar-refractivity contribution in [1.29, 1.82) is 0 Å². The third-order valence-corrected chi connectivity index (χ3v) is 8.51. The highest BCUT2D eigenvalue weighted by Gasteiger charge is 2.32. The summed E-state index contributed by atoms with van der Waals surface area (Å²) in [5, 5.41) is 2.84. The van der Waals surface area contributed by atoms with Crippen molar-refractivity contribution in [3.63, 3.8) is 0 Å². The van der Waals surface area contributed by atoms with Crippen molar-refractivity contribution in [1.82, 2.24) is 10.2 Å². The second kappa shape index (κ2) is 13.1. The van der Waals surface area contributed by atoms with Crippen molar-refractivity contribution in [2.75, 3.05) is 17.4 Å². The minimum absolute atomic E-state index is 0.0877. The van der Waals surface area contributed by atoms with Crippen LogP contribution in [0.5, 0.6) is 0 Å². The van der Waals surface area contributed by atoms with Crippen LogP contribution in [0.15, 0.2) is 82.2 Å². The number of anilines is 1. The summed E-state index contributed by atoms with van der Waals surface area (Å²) in [7, 11) is -4.07. The smallest absolute Gasteiger partial charge is 0.264 e. The number of sulfonamides is 1. The van der Waals surface area contributed by atoms with Crippen LogP contribution >= 0.6 is 15.9 Å². The van der Waals surface area contributed by atoms with E-state index in [4.69, 9.17) is 0 Å². The fraction of sp³-hybridized carbons (Fsp3) is 0.310. The average molecular weight is 601 g/mol. The summed E-state index contributed by atoms with van der Waals surface area (Å²) < 4.78 is 29.6. The van der Waals surface area contributed by atoms with E-state index in [1.54, 1.807) is 43.3 Å². The molecule has 3 aromatic carbocycles. The van der Waals surface area contributed by atoms with Crippen LogP contribution in [0, 0.1) is 13.8 Å². The van der Waals surface area contributed by atoms with Gasteiger partial charge in [0.2, 0.25) is 11.8 Å². The van der Waals surface area contributed by atoms with Gasteiger partial charge in [0, 0.05) is 17.6 Å². The maximum Gasteiger partial charge on any atom is 0.264 e. The third-order valence-electron chi connectivity index (χ3n) is 6.19. The van der Waals surface area contributed by atoms with Gasteiger partial charge in [-0.1, -0.05) is 70.4 Å². The summed E-state index contributed by atoms with van der Waals surface area (Å²) in [6.07, 6.45) is 0.759. The standard InChI is InChI=1S/C29H34BrN3O4S/c1-5-18-31-29(35)23(4)32(19-24-10-12-25(30)13-11-24)28(34)20-33(26-14-6-21(2)7-15-26)38(36,37)27-16-8-22(3)9-17-27/h6-17,23H,5,18-20H2,1-4H3,(H,31,35)/t23-/m0/s1. The molecule has 7 nitrogen and oxygen atoms in total. The van der Waals surface area contributed by atoms with Crippen molar-refractivity contribution >= 4 is 43.5 Å². The Morgan fingerprint density at radius 1 is 0.895 bits per heavy atom. The first kappa shape index (κ1) is 29.4. The highest BCUT2D eigenvalue weighted by atomic mass is 79.9. The molecule has 0 spiro atoms. The van der Waals surface area contributed by atoms with Crippen LogP contribution in [0.3, 0.4) is 0 Å². The second-order valence-electron chi connectivity index (χ2n) is 9.28. The van der Waals surface area contributed by atoms with Crippen LogP contribution in [0.25, 0.3) is 0 Å². The van der Waals surface area contributed by atoms with Crippen molar-refractivity contribution in [3.05, 3.63) is 94.0 Å². The van der Waals surface area contributed by atoms with Gasteiger partial charge in [-0.15, -0.1) is 0 Å². The highest BCUT2D eigenvalue weighted by Crippen LogP contribution is 2.25. The van der Waals surface area contributed by atoms with Crippen LogP contribution in [-0.4, -0.2) is 44.3 Å². The molecule has 0 saturated heterocycles. The summed E-state index contributed by atoms with van der Waals surface area (Å²) in [6.45, 7) is 7.57. The fourth-order valence-electron chi connectivity index (χ4n) is 3.84. The van der Waals surface area contributed by atoms with E-state index in [1.807, 2.05) is 45.0 Å². The first-order valence-corrected chi connectivity index (χ1v) is 14.7. The third kappa shape index (κ3) is 7.45. The number of halogens is 1. The molecule has 0 aliphatic heterocycles.